The van der Waals surface area contributed by atoms with E-state index in [1.54, 1.807) is 31.4 Å². The predicted octanol–water partition coefficient (Wildman–Crippen LogP) is 4.35. The van der Waals surface area contributed by atoms with Crippen molar-refractivity contribution in [3.63, 3.8) is 0 Å². The maximum Gasteiger partial charge on any atom is 0.406 e. The summed E-state index contributed by atoms with van der Waals surface area (Å²) in [5.41, 5.74) is 1.91. The van der Waals surface area contributed by atoms with Gasteiger partial charge in [-0.25, -0.2) is 8.42 Å². The number of aromatic nitrogens is 1. The van der Waals surface area contributed by atoms with Gasteiger partial charge in [0.15, 0.2) is 9.84 Å². The summed E-state index contributed by atoms with van der Waals surface area (Å²) >= 11 is 0. The number of hydrogen-bond donors (Lipinski definition) is 3. The van der Waals surface area contributed by atoms with Crippen molar-refractivity contribution in [3.8, 4) is 17.6 Å². The van der Waals surface area contributed by atoms with E-state index in [1.807, 2.05) is 6.07 Å². The molecule has 0 radical (unpaired) electrons. The van der Waals surface area contributed by atoms with Crippen LogP contribution in [-0.4, -0.2) is 94.6 Å². The molecule has 1 aromatic heterocycles. The molecular weight excluding hydrogens is 597 g/mol. The first kappa shape index (κ1) is 33.5. The number of aliphatic hydroxyl groups is 1. The van der Waals surface area contributed by atoms with Gasteiger partial charge in [-0.15, -0.1) is 0 Å². The van der Waals surface area contributed by atoms with Gasteiger partial charge in [0.1, 0.15) is 12.3 Å². The Morgan fingerprint density at radius 1 is 1.11 bits per heavy atom. The van der Waals surface area contributed by atoms with Crippen LogP contribution in [0.4, 0.5) is 24.5 Å². The summed E-state index contributed by atoms with van der Waals surface area (Å²) in [6, 6.07) is 11.5. The van der Waals surface area contributed by atoms with E-state index in [-0.39, 0.29) is 29.8 Å². The molecule has 1 aliphatic rings. The number of benzene rings is 2. The molecule has 3 N–H and O–H groups in total. The van der Waals surface area contributed by atoms with Gasteiger partial charge in [-0.05, 0) is 62.1 Å². The Bertz CT molecular complexity index is 1600. The third kappa shape index (κ3) is 9.04. The van der Waals surface area contributed by atoms with Crippen LogP contribution >= 0.6 is 0 Å². The Morgan fingerprint density at radius 2 is 1.91 bits per heavy atom. The number of hydrogen-bond acceptors (Lipinski definition) is 8. The molecule has 1 aliphatic heterocycles. The Hall–Kier alpha value is -3.44. The van der Waals surface area contributed by atoms with Crippen molar-refractivity contribution >= 4 is 32.1 Å². The number of ether oxygens (including phenoxy) is 2. The number of rotatable bonds is 11. The van der Waals surface area contributed by atoms with Crippen LogP contribution in [0.2, 0.25) is 0 Å². The number of methoxy groups -OCH3 is 2. The summed E-state index contributed by atoms with van der Waals surface area (Å²) in [6.07, 6.45) is -1.26. The van der Waals surface area contributed by atoms with Gasteiger partial charge < -0.3 is 34.7 Å². The molecule has 9 nitrogen and oxygen atoms in total. The minimum atomic E-state index is -4.45. The number of likely N-dealkylation sites (tertiary alicyclic amines) is 1. The van der Waals surface area contributed by atoms with Crippen LogP contribution in [-0.2, 0) is 21.1 Å². The fraction of sp³-hybridized carbons (Fsp3) is 0.484. The molecule has 2 aromatic carbocycles. The van der Waals surface area contributed by atoms with Gasteiger partial charge in [-0.1, -0.05) is 12.0 Å². The van der Waals surface area contributed by atoms with E-state index < -0.39 is 28.7 Å². The summed E-state index contributed by atoms with van der Waals surface area (Å²) in [5, 5.41) is 17.4. The standard InChI is InChI=1S/C31H39F3N4O5S/c1-42-20-24(39)19-37-15-6-7-22(13-16-37)36-27-9-4-10-29-26(27)17-23(38(29)21-31(32,33)34)8-5-14-35-28-12-11-25(44(3,40)41)18-30(28)43-2/h4,9-12,17-18,22,24,35-36,39H,6-7,13-16,19-21H2,1-3H3. The molecule has 0 amide bonds. The number of fused-ring (bicyclic) bond motifs is 1. The van der Waals surface area contributed by atoms with Crippen LogP contribution in [0.3, 0.4) is 0 Å². The normalized spacial score (nSPS) is 17.0. The number of nitrogens with zero attached hydrogens (tertiary/aromatic N) is 2. The van der Waals surface area contributed by atoms with E-state index in [0.717, 1.165) is 44.3 Å². The summed E-state index contributed by atoms with van der Waals surface area (Å²) in [7, 11) is -0.447. The third-order valence-electron chi connectivity index (χ3n) is 7.48. The number of anilines is 2. The Labute approximate surface area is 256 Å². The number of aliphatic hydroxyl groups excluding tert-OH is 1. The van der Waals surface area contributed by atoms with E-state index in [1.165, 1.54) is 23.8 Å². The van der Waals surface area contributed by atoms with Crippen molar-refractivity contribution in [1.82, 2.24) is 9.47 Å². The second-order valence-electron chi connectivity index (χ2n) is 10.9. The molecule has 1 fully saturated rings. The molecule has 1 saturated heterocycles. The topological polar surface area (TPSA) is 105 Å². The monoisotopic (exact) mass is 636 g/mol. The van der Waals surface area contributed by atoms with Gasteiger partial charge in [0.05, 0.1) is 48.2 Å². The summed E-state index contributed by atoms with van der Waals surface area (Å²) in [4.78, 5) is 2.32. The van der Waals surface area contributed by atoms with Crippen molar-refractivity contribution in [3.05, 3.63) is 48.2 Å². The molecule has 4 rings (SSSR count). The van der Waals surface area contributed by atoms with Gasteiger partial charge in [-0.3, -0.25) is 0 Å². The Kier molecular flexibility index (Phi) is 11.1. The van der Waals surface area contributed by atoms with E-state index >= 15 is 0 Å². The lowest BCUT2D eigenvalue weighted by Crippen LogP contribution is -2.35. The molecule has 2 heterocycles. The maximum atomic E-state index is 13.6. The average Bonchev–Trinajstić information content (AvgIpc) is 3.13. The molecular formula is C31H39F3N4O5S. The number of nitrogens with one attached hydrogen (secondary N) is 2. The first-order valence-electron chi connectivity index (χ1n) is 14.3. The van der Waals surface area contributed by atoms with E-state index in [9.17, 15) is 26.7 Å². The lowest BCUT2D eigenvalue weighted by atomic mass is 10.1. The number of halogens is 3. The maximum absolute atomic E-state index is 13.6. The van der Waals surface area contributed by atoms with E-state index in [4.69, 9.17) is 9.47 Å². The van der Waals surface area contributed by atoms with Gasteiger partial charge in [0, 0.05) is 49.6 Å². The fourth-order valence-corrected chi connectivity index (χ4v) is 6.07. The fourth-order valence-electron chi connectivity index (χ4n) is 5.43. The SMILES string of the molecule is COCC(O)CN1CCCC(Nc2cccc3c2cc(C#CCNc2ccc(S(C)(=O)=O)cc2OC)n3CC(F)(F)F)CC1. The second kappa shape index (κ2) is 14.6. The first-order chi connectivity index (χ1) is 20.9. The molecule has 13 heteroatoms. The molecule has 0 bridgehead atoms. The molecule has 0 aliphatic carbocycles. The summed E-state index contributed by atoms with van der Waals surface area (Å²) < 4.78 is 76.2. The highest BCUT2D eigenvalue weighted by atomic mass is 32.2. The lowest BCUT2D eigenvalue weighted by molar-refractivity contribution is -0.140. The van der Waals surface area contributed by atoms with E-state index in [0.29, 0.717) is 28.9 Å². The van der Waals surface area contributed by atoms with Crippen LogP contribution in [0.5, 0.6) is 5.75 Å². The van der Waals surface area contributed by atoms with Crippen molar-refractivity contribution in [2.45, 2.75) is 49.0 Å². The molecule has 0 saturated carbocycles. The summed E-state index contributed by atoms with van der Waals surface area (Å²) in [5.74, 6) is 6.09. The first-order valence-corrected chi connectivity index (χ1v) is 16.2. The minimum Gasteiger partial charge on any atom is -0.495 e. The van der Waals surface area contributed by atoms with Gasteiger partial charge in [0.25, 0.3) is 0 Å². The van der Waals surface area contributed by atoms with E-state index in [2.05, 4.69) is 27.4 Å². The van der Waals surface area contributed by atoms with Gasteiger partial charge >= 0.3 is 6.18 Å². The summed E-state index contributed by atoms with van der Waals surface area (Å²) in [6.45, 7) is 1.36. The van der Waals surface area contributed by atoms with Crippen molar-refractivity contribution in [2.75, 3.05) is 63.9 Å². The zero-order valence-corrected chi connectivity index (χ0v) is 25.9. The minimum absolute atomic E-state index is 0.0882. The largest absolute Gasteiger partial charge is 0.495 e. The number of β-amino-alcohol motifs (C(OH)–C–C–N with tert-alkyl or cyclic N) is 1. The molecule has 3 aromatic rings. The van der Waals surface area contributed by atoms with Gasteiger partial charge in [0.2, 0.25) is 0 Å². The molecule has 240 valence electrons. The van der Waals surface area contributed by atoms with Crippen LogP contribution in [0.25, 0.3) is 10.9 Å². The molecule has 2 unspecified atom stereocenters. The second-order valence-corrected chi connectivity index (χ2v) is 13.0. The lowest BCUT2D eigenvalue weighted by Gasteiger charge is -2.23. The highest BCUT2D eigenvalue weighted by Gasteiger charge is 2.30. The number of alkyl halides is 3. The van der Waals surface area contributed by atoms with Crippen LogP contribution < -0.4 is 15.4 Å². The highest BCUT2D eigenvalue weighted by molar-refractivity contribution is 7.90. The molecule has 0 spiro atoms. The van der Waals surface area contributed by atoms with Crippen molar-refractivity contribution in [1.29, 1.82) is 0 Å². The quantitative estimate of drug-likeness (QED) is 0.267. The molecule has 2 atom stereocenters. The Balaban J connectivity index is 1.53. The van der Waals surface area contributed by atoms with Crippen LogP contribution in [0.1, 0.15) is 25.0 Å². The third-order valence-corrected chi connectivity index (χ3v) is 8.59. The zero-order valence-electron chi connectivity index (χ0n) is 25.1. The Morgan fingerprint density at radius 3 is 2.61 bits per heavy atom. The smallest absolute Gasteiger partial charge is 0.406 e. The van der Waals surface area contributed by atoms with Crippen molar-refractivity contribution < 1.29 is 36.2 Å². The highest BCUT2D eigenvalue weighted by Crippen LogP contribution is 2.32. The predicted molar refractivity (Wildman–Crippen MR) is 165 cm³/mol. The zero-order chi connectivity index (χ0) is 31.9. The van der Waals surface area contributed by atoms with Crippen LogP contribution in [0, 0.1) is 11.8 Å². The number of sulfone groups is 1. The molecule has 44 heavy (non-hydrogen) atoms. The average molecular weight is 637 g/mol. The van der Waals surface area contributed by atoms with Gasteiger partial charge in [-0.2, -0.15) is 13.2 Å². The van der Waals surface area contributed by atoms with Crippen LogP contribution in [0.15, 0.2) is 47.4 Å². The van der Waals surface area contributed by atoms with Crippen molar-refractivity contribution in [2.24, 2.45) is 0 Å².